The van der Waals surface area contributed by atoms with Crippen LogP contribution in [0.5, 0.6) is 5.75 Å². The first-order valence-electron chi connectivity index (χ1n) is 10.4. The quantitative estimate of drug-likeness (QED) is 0.646. The van der Waals surface area contributed by atoms with Crippen LogP contribution >= 0.6 is 0 Å². The lowest BCUT2D eigenvalue weighted by Crippen LogP contribution is -2.50. The van der Waals surface area contributed by atoms with Crippen LogP contribution in [0.25, 0.3) is 16.7 Å². The van der Waals surface area contributed by atoms with Crippen LogP contribution in [0.3, 0.4) is 0 Å². The standard InChI is InChI=1S/C22H28N6O2/c1-5-19-24-20(26-10-12-27(13-11-26)22(29)15(2)3)18-14-23-28(21(18)25-19)16-6-8-17(30-4)9-7-16/h6-9,14-15H,5,10-13H2,1-4H3. The molecule has 1 aromatic carbocycles. The smallest absolute Gasteiger partial charge is 0.225 e. The normalized spacial score (nSPS) is 14.6. The number of rotatable bonds is 5. The number of carbonyl (C=O) groups excluding carboxylic acids is 1. The van der Waals surface area contributed by atoms with E-state index in [9.17, 15) is 4.79 Å². The maximum Gasteiger partial charge on any atom is 0.225 e. The van der Waals surface area contributed by atoms with Crippen LogP contribution in [-0.4, -0.2) is 63.8 Å². The van der Waals surface area contributed by atoms with Crippen LogP contribution in [0.4, 0.5) is 5.82 Å². The number of methoxy groups -OCH3 is 1. The summed E-state index contributed by atoms with van der Waals surface area (Å²) >= 11 is 0. The van der Waals surface area contributed by atoms with Gasteiger partial charge in [0.1, 0.15) is 17.4 Å². The van der Waals surface area contributed by atoms with Crippen LogP contribution in [0.1, 0.15) is 26.6 Å². The number of carbonyl (C=O) groups is 1. The number of hydrogen-bond acceptors (Lipinski definition) is 6. The highest BCUT2D eigenvalue weighted by atomic mass is 16.5. The van der Waals surface area contributed by atoms with Gasteiger partial charge in [-0.15, -0.1) is 0 Å². The number of anilines is 1. The van der Waals surface area contributed by atoms with Crippen molar-refractivity contribution >= 4 is 22.8 Å². The van der Waals surface area contributed by atoms with Gasteiger partial charge in [-0.1, -0.05) is 20.8 Å². The molecular weight excluding hydrogens is 380 g/mol. The van der Waals surface area contributed by atoms with Gasteiger partial charge in [-0.2, -0.15) is 5.10 Å². The fourth-order valence-electron chi connectivity index (χ4n) is 3.75. The van der Waals surface area contributed by atoms with E-state index in [0.29, 0.717) is 13.1 Å². The largest absolute Gasteiger partial charge is 0.497 e. The monoisotopic (exact) mass is 408 g/mol. The molecule has 0 atom stereocenters. The Morgan fingerprint density at radius 2 is 1.80 bits per heavy atom. The maximum absolute atomic E-state index is 12.3. The van der Waals surface area contributed by atoms with Gasteiger partial charge in [0.2, 0.25) is 5.91 Å². The molecule has 1 saturated heterocycles. The van der Waals surface area contributed by atoms with Crippen molar-refractivity contribution in [2.24, 2.45) is 5.92 Å². The first-order valence-corrected chi connectivity index (χ1v) is 10.4. The first-order chi connectivity index (χ1) is 14.5. The van der Waals surface area contributed by atoms with Gasteiger partial charge in [0, 0.05) is 38.5 Å². The van der Waals surface area contributed by atoms with Gasteiger partial charge in [-0.25, -0.2) is 14.6 Å². The molecule has 0 N–H and O–H groups in total. The fourth-order valence-corrected chi connectivity index (χ4v) is 3.75. The van der Waals surface area contributed by atoms with Gasteiger partial charge in [-0.3, -0.25) is 4.79 Å². The summed E-state index contributed by atoms with van der Waals surface area (Å²) in [7, 11) is 1.65. The lowest BCUT2D eigenvalue weighted by atomic mass is 10.1. The van der Waals surface area contributed by atoms with Gasteiger partial charge in [0.05, 0.1) is 24.4 Å². The third kappa shape index (κ3) is 3.69. The molecule has 4 rings (SSSR count). The van der Waals surface area contributed by atoms with Crippen molar-refractivity contribution in [3.8, 4) is 11.4 Å². The highest BCUT2D eigenvalue weighted by molar-refractivity contribution is 5.88. The molecule has 8 heteroatoms. The highest BCUT2D eigenvalue weighted by Gasteiger charge is 2.26. The molecule has 2 aromatic heterocycles. The van der Waals surface area contributed by atoms with E-state index < -0.39 is 0 Å². The summed E-state index contributed by atoms with van der Waals surface area (Å²) in [4.78, 5) is 26.1. The molecule has 3 heterocycles. The number of aryl methyl sites for hydroxylation is 1. The van der Waals surface area contributed by atoms with Crippen molar-refractivity contribution in [1.82, 2.24) is 24.6 Å². The van der Waals surface area contributed by atoms with Gasteiger partial charge in [-0.05, 0) is 24.3 Å². The van der Waals surface area contributed by atoms with Crippen molar-refractivity contribution in [3.05, 3.63) is 36.3 Å². The van der Waals surface area contributed by atoms with Crippen molar-refractivity contribution in [2.45, 2.75) is 27.2 Å². The van der Waals surface area contributed by atoms with E-state index in [1.165, 1.54) is 0 Å². The molecule has 0 spiro atoms. The van der Waals surface area contributed by atoms with Crippen LogP contribution in [0.15, 0.2) is 30.5 Å². The Morgan fingerprint density at radius 3 is 2.40 bits per heavy atom. The number of amides is 1. The van der Waals surface area contributed by atoms with Crippen LogP contribution in [0.2, 0.25) is 0 Å². The zero-order valence-corrected chi connectivity index (χ0v) is 18.0. The van der Waals surface area contributed by atoms with Gasteiger partial charge < -0.3 is 14.5 Å². The Morgan fingerprint density at radius 1 is 1.10 bits per heavy atom. The second kappa shape index (κ2) is 8.30. The van der Waals surface area contributed by atoms with Crippen LogP contribution in [-0.2, 0) is 11.2 Å². The minimum atomic E-state index is 0.0247. The molecule has 0 unspecified atom stereocenters. The number of piperazine rings is 1. The highest BCUT2D eigenvalue weighted by Crippen LogP contribution is 2.27. The summed E-state index contributed by atoms with van der Waals surface area (Å²) in [6.07, 6.45) is 2.57. The second-order valence-electron chi connectivity index (χ2n) is 7.78. The molecule has 0 bridgehead atoms. The molecule has 0 saturated carbocycles. The van der Waals surface area contributed by atoms with Gasteiger partial charge >= 0.3 is 0 Å². The molecule has 1 amide bonds. The molecule has 1 aliphatic heterocycles. The summed E-state index contributed by atoms with van der Waals surface area (Å²) in [5.74, 6) is 2.72. The summed E-state index contributed by atoms with van der Waals surface area (Å²) in [6, 6.07) is 7.76. The Kier molecular flexibility index (Phi) is 5.57. The molecule has 1 aliphatic rings. The van der Waals surface area contributed by atoms with Crippen molar-refractivity contribution in [1.29, 1.82) is 0 Å². The molecule has 1 fully saturated rings. The number of fused-ring (bicyclic) bond motifs is 1. The molecule has 30 heavy (non-hydrogen) atoms. The molecule has 0 radical (unpaired) electrons. The summed E-state index contributed by atoms with van der Waals surface area (Å²) in [5, 5.41) is 5.52. The Balaban J connectivity index is 1.67. The third-order valence-corrected chi connectivity index (χ3v) is 5.47. The predicted octanol–water partition coefficient (Wildman–Crippen LogP) is 2.69. The van der Waals surface area contributed by atoms with Crippen LogP contribution in [0, 0.1) is 5.92 Å². The first kappa shape index (κ1) is 20.1. The van der Waals surface area contributed by atoms with E-state index in [2.05, 4.69) is 16.9 Å². The molecule has 158 valence electrons. The number of nitrogens with zero attached hydrogens (tertiary/aromatic N) is 6. The number of aromatic nitrogens is 4. The summed E-state index contributed by atoms with van der Waals surface area (Å²) in [5.41, 5.74) is 1.72. The van der Waals surface area contributed by atoms with E-state index in [0.717, 1.165) is 53.6 Å². The van der Waals surface area contributed by atoms with Gasteiger partial charge in [0.25, 0.3) is 0 Å². The topological polar surface area (TPSA) is 76.4 Å². The SMILES string of the molecule is CCc1nc(N2CCN(C(=O)C(C)C)CC2)c2cnn(-c3ccc(OC)cc3)c2n1. The lowest BCUT2D eigenvalue weighted by molar-refractivity contribution is -0.134. The zero-order valence-electron chi connectivity index (χ0n) is 18.0. The average molecular weight is 409 g/mol. The molecule has 3 aromatic rings. The minimum absolute atomic E-state index is 0.0247. The Hall–Kier alpha value is -3.16. The fraction of sp³-hybridized carbons (Fsp3) is 0.455. The third-order valence-electron chi connectivity index (χ3n) is 5.47. The minimum Gasteiger partial charge on any atom is -0.497 e. The molecule has 0 aliphatic carbocycles. The van der Waals surface area contributed by atoms with Gasteiger partial charge in [0.15, 0.2) is 5.65 Å². The Bertz CT molecular complexity index is 1040. The van der Waals surface area contributed by atoms with Crippen LogP contribution < -0.4 is 9.64 Å². The summed E-state index contributed by atoms with van der Waals surface area (Å²) in [6.45, 7) is 8.86. The van der Waals surface area contributed by atoms with E-state index in [1.807, 2.05) is 53.9 Å². The van der Waals surface area contributed by atoms with E-state index >= 15 is 0 Å². The van der Waals surface area contributed by atoms with E-state index in [4.69, 9.17) is 14.7 Å². The number of ether oxygens (including phenoxy) is 1. The molecule has 8 nitrogen and oxygen atoms in total. The molecular formula is C22H28N6O2. The van der Waals surface area contributed by atoms with E-state index in [-0.39, 0.29) is 11.8 Å². The second-order valence-corrected chi connectivity index (χ2v) is 7.78. The zero-order chi connectivity index (χ0) is 21.3. The predicted molar refractivity (Wildman–Crippen MR) is 116 cm³/mol. The maximum atomic E-state index is 12.3. The van der Waals surface area contributed by atoms with Crippen molar-refractivity contribution < 1.29 is 9.53 Å². The average Bonchev–Trinajstić information content (AvgIpc) is 3.22. The summed E-state index contributed by atoms with van der Waals surface area (Å²) < 4.78 is 7.10. The Labute approximate surface area is 176 Å². The van der Waals surface area contributed by atoms with Crippen molar-refractivity contribution in [2.75, 3.05) is 38.2 Å². The van der Waals surface area contributed by atoms with E-state index in [1.54, 1.807) is 7.11 Å². The lowest BCUT2D eigenvalue weighted by Gasteiger charge is -2.36. The van der Waals surface area contributed by atoms with Crippen molar-refractivity contribution in [3.63, 3.8) is 0 Å². The number of hydrogen-bond donors (Lipinski definition) is 0. The number of benzene rings is 1.